The molecule has 0 bridgehead atoms. The number of aromatic nitrogens is 3. The van der Waals surface area contributed by atoms with Crippen LogP contribution in [-0.4, -0.2) is 19.6 Å². The molecule has 1 N–H and O–H groups in total. The molecular weight excluding hydrogens is 755 g/mol. The summed E-state index contributed by atoms with van der Waals surface area (Å²) in [6.07, 6.45) is -0.580. The lowest BCUT2D eigenvalue weighted by Crippen LogP contribution is -2.11. The average Bonchev–Trinajstić information content (AvgIpc) is 3.73. The van der Waals surface area contributed by atoms with Gasteiger partial charge >= 0.3 is 0 Å². The van der Waals surface area contributed by atoms with Gasteiger partial charge in [0, 0.05) is 28.3 Å². The molecular formula is C58H53N3O. The van der Waals surface area contributed by atoms with Crippen LogP contribution in [-0.2, 0) is 5.41 Å². The van der Waals surface area contributed by atoms with E-state index in [4.69, 9.17) is 17.3 Å². The summed E-state index contributed by atoms with van der Waals surface area (Å²) in [5.41, 5.74) is 8.79. The minimum absolute atomic E-state index is 0.0583. The lowest BCUT2D eigenvalue weighted by Gasteiger charge is -2.22. The molecule has 0 fully saturated rings. The molecule has 7 aromatic carbocycles. The maximum atomic E-state index is 12.0. The van der Waals surface area contributed by atoms with Gasteiger partial charge in [-0.3, -0.25) is 9.55 Å². The molecule has 0 aliphatic carbocycles. The zero-order chi connectivity index (χ0) is 52.8. The maximum absolute atomic E-state index is 12.0. The highest BCUT2D eigenvalue weighted by molar-refractivity contribution is 5.98. The second-order valence-corrected chi connectivity index (χ2v) is 17.1. The van der Waals surface area contributed by atoms with Gasteiger partial charge in [-0.15, -0.1) is 0 Å². The number of hydrogen-bond donors (Lipinski definition) is 1. The van der Waals surface area contributed by atoms with Crippen LogP contribution in [0.2, 0.25) is 0 Å². The van der Waals surface area contributed by atoms with E-state index in [9.17, 15) is 7.85 Å². The molecule has 0 aliphatic heterocycles. The molecule has 0 aliphatic rings. The summed E-state index contributed by atoms with van der Waals surface area (Å²) in [7, 11) is 0. The first kappa shape index (κ1) is 29.3. The number of pyridine rings is 1. The summed E-state index contributed by atoms with van der Waals surface area (Å²) in [5, 5.41) is 12.0. The van der Waals surface area contributed by atoms with Crippen LogP contribution in [0.3, 0.4) is 0 Å². The molecule has 0 atom stereocenters. The quantitative estimate of drug-likeness (QED) is 0.166. The van der Waals surface area contributed by atoms with Crippen LogP contribution < -0.4 is 0 Å². The van der Waals surface area contributed by atoms with E-state index in [1.165, 1.54) is 0 Å². The van der Waals surface area contributed by atoms with Crippen molar-refractivity contribution in [3.05, 3.63) is 192 Å². The Morgan fingerprint density at radius 3 is 2.02 bits per heavy atom. The van der Waals surface area contributed by atoms with Crippen molar-refractivity contribution in [2.45, 2.75) is 66.6 Å². The molecule has 0 saturated carbocycles. The summed E-state index contributed by atoms with van der Waals surface area (Å²) < 4.78 is 97.7. The number of phenolic OH excluding ortho intramolecular Hbond substituents is 1. The summed E-state index contributed by atoms with van der Waals surface area (Å²) in [6.45, 7) is 10.7. The van der Waals surface area contributed by atoms with Crippen molar-refractivity contribution in [1.29, 1.82) is 0 Å². The van der Waals surface area contributed by atoms with Gasteiger partial charge in [0.2, 0.25) is 0 Å². The smallest absolute Gasteiger partial charge is 0.149 e. The molecule has 0 spiro atoms. The fourth-order valence-corrected chi connectivity index (χ4v) is 8.15. The third-order valence-corrected chi connectivity index (χ3v) is 11.3. The van der Waals surface area contributed by atoms with Gasteiger partial charge in [-0.1, -0.05) is 149 Å². The highest BCUT2D eigenvalue weighted by Gasteiger charge is 2.26. The topological polar surface area (TPSA) is 50.9 Å². The van der Waals surface area contributed by atoms with Crippen LogP contribution >= 0.6 is 0 Å². The Morgan fingerprint density at radius 1 is 0.645 bits per heavy atom. The first-order valence-corrected chi connectivity index (χ1v) is 20.6. The van der Waals surface area contributed by atoms with Gasteiger partial charge in [0.15, 0.2) is 0 Å². The minimum atomic E-state index is -2.97. The van der Waals surface area contributed by atoms with Crippen LogP contribution in [0.25, 0.3) is 83.9 Å². The Balaban J connectivity index is 1.37. The van der Waals surface area contributed by atoms with E-state index in [1.807, 2.05) is 158 Å². The van der Waals surface area contributed by atoms with Gasteiger partial charge in [-0.25, -0.2) is 4.98 Å². The number of imidazole rings is 1. The molecule has 2 aromatic heterocycles. The van der Waals surface area contributed by atoms with Crippen LogP contribution in [0, 0.1) is 20.7 Å². The number of aromatic hydroxyl groups is 1. The summed E-state index contributed by atoms with van der Waals surface area (Å²) in [5.74, 6) is -0.482. The average molecular weight is 819 g/mol. The van der Waals surface area contributed by atoms with Crippen molar-refractivity contribution in [2.75, 3.05) is 0 Å². The summed E-state index contributed by atoms with van der Waals surface area (Å²) in [6, 6.07) is 35.4. The van der Waals surface area contributed by atoms with Crippen molar-refractivity contribution in [3.8, 4) is 78.6 Å². The van der Waals surface area contributed by atoms with E-state index in [2.05, 4.69) is 21.7 Å². The number of hydrogen-bond acceptors (Lipinski definition) is 3. The van der Waals surface area contributed by atoms with E-state index in [0.717, 1.165) is 44.6 Å². The van der Waals surface area contributed by atoms with Gasteiger partial charge in [0.25, 0.3) is 0 Å². The van der Waals surface area contributed by atoms with E-state index < -0.39 is 71.7 Å². The van der Waals surface area contributed by atoms with E-state index in [1.54, 1.807) is 0 Å². The number of fused-ring (bicyclic) bond motifs is 1. The van der Waals surface area contributed by atoms with Crippen molar-refractivity contribution >= 4 is 11.0 Å². The molecule has 2 heterocycles. The number of para-hydroxylation sites is 1. The maximum Gasteiger partial charge on any atom is 0.149 e. The van der Waals surface area contributed by atoms with Crippen LogP contribution in [0.15, 0.2) is 164 Å². The Kier molecular flexibility index (Phi) is 7.60. The van der Waals surface area contributed by atoms with Gasteiger partial charge in [-0.2, -0.15) is 0 Å². The summed E-state index contributed by atoms with van der Waals surface area (Å²) in [4.78, 5) is 9.93. The van der Waals surface area contributed by atoms with E-state index in [-0.39, 0.29) is 17.0 Å². The van der Waals surface area contributed by atoms with Gasteiger partial charge in [-0.05, 0) is 136 Å². The molecule has 9 rings (SSSR count). The van der Waals surface area contributed by atoms with E-state index in [0.29, 0.717) is 44.7 Å². The first-order chi connectivity index (χ1) is 34.3. The Bertz CT molecular complexity index is 3660. The lowest BCUT2D eigenvalue weighted by molar-refractivity contribution is 0.472. The minimum Gasteiger partial charge on any atom is -0.507 e. The van der Waals surface area contributed by atoms with Gasteiger partial charge in [0.05, 0.1) is 37.6 Å². The molecule has 0 saturated heterocycles. The molecule has 0 radical (unpaired) electrons. The SMILES string of the molecule is [2H]c1nc(-c2cc(-c3cccc4c3nc(-c3cc(C)cc(C)c3O)n4-c3cc(-c4ccccc4)c(C([2H])(C)C)cc3-c3ccccc3)cc(C(C)(C)C)c2)c([2H])c(-c2c([2H])c([2H])c(C([2H])([2H])[2H])c([2H])c2[2H])c1[2H]. The number of nitrogens with zero attached hydrogens (tertiary/aromatic N) is 3. The van der Waals surface area contributed by atoms with E-state index >= 15 is 0 Å². The number of benzene rings is 7. The van der Waals surface area contributed by atoms with Crippen LogP contribution in [0.4, 0.5) is 0 Å². The standard InChI is InChI=1S/C58H53N3O/c1-36(2)48-34-50(42-18-13-10-14-19-42)54(35-49(48)41-16-11-9-12-17-41)61-53-21-15-20-47(55(53)60-57(61)51-29-38(4)28-39(5)56(51)62)44-30-45(32-46(31-44)58(6,7)8)52-33-43(26-27-59-52)40-24-22-37(3)23-25-40/h9-36,62H,1-8H3/i3D3,22D,23D,24D,25D,26D,27D,33D,36D. The molecule has 4 nitrogen and oxygen atoms in total. The fourth-order valence-electron chi connectivity index (χ4n) is 8.15. The van der Waals surface area contributed by atoms with Crippen LogP contribution in [0.1, 0.15) is 83.4 Å². The lowest BCUT2D eigenvalue weighted by atomic mass is 9.83. The highest BCUT2D eigenvalue weighted by atomic mass is 16.3. The molecule has 4 heteroatoms. The van der Waals surface area contributed by atoms with Crippen molar-refractivity contribution in [1.82, 2.24) is 14.5 Å². The zero-order valence-electron chi connectivity index (χ0n) is 46.8. The largest absolute Gasteiger partial charge is 0.507 e. The molecule has 62 heavy (non-hydrogen) atoms. The predicted octanol–water partition coefficient (Wildman–Crippen LogP) is 15.5. The Morgan fingerprint density at radius 2 is 1.34 bits per heavy atom. The molecule has 0 unspecified atom stereocenters. The fraction of sp³-hybridized carbons (Fsp3) is 0.172. The van der Waals surface area contributed by atoms with Crippen molar-refractivity contribution in [2.24, 2.45) is 0 Å². The number of aryl methyl sites for hydroxylation is 2. The van der Waals surface area contributed by atoms with Gasteiger partial charge < -0.3 is 5.11 Å². The predicted molar refractivity (Wildman–Crippen MR) is 260 cm³/mol. The zero-order valence-corrected chi connectivity index (χ0v) is 35.8. The molecule has 9 aromatic rings. The van der Waals surface area contributed by atoms with Crippen LogP contribution in [0.5, 0.6) is 5.75 Å². The third kappa shape index (κ3) is 7.62. The van der Waals surface area contributed by atoms with Crippen molar-refractivity contribution < 1.29 is 20.2 Å². The third-order valence-electron chi connectivity index (χ3n) is 11.3. The Hall–Kier alpha value is -7.04. The monoisotopic (exact) mass is 818 g/mol. The Labute approximate surface area is 381 Å². The number of phenols is 1. The number of rotatable bonds is 8. The van der Waals surface area contributed by atoms with Gasteiger partial charge in [0.1, 0.15) is 11.6 Å². The highest BCUT2D eigenvalue weighted by Crippen LogP contribution is 2.45. The first-order valence-electron chi connectivity index (χ1n) is 26.1. The van der Waals surface area contributed by atoms with Crippen molar-refractivity contribution in [3.63, 3.8) is 0 Å². The second-order valence-electron chi connectivity index (χ2n) is 17.1. The molecule has 0 amide bonds. The second kappa shape index (κ2) is 16.1. The normalized spacial score (nSPS) is 14.7. The molecule has 306 valence electrons. The summed E-state index contributed by atoms with van der Waals surface area (Å²) >= 11 is 0.